The molecule has 2 aromatic rings. The number of urea groups is 1. The van der Waals surface area contributed by atoms with Crippen LogP contribution in [-0.2, 0) is 4.79 Å². The number of thiazole rings is 1. The van der Waals surface area contributed by atoms with Crippen LogP contribution in [0.2, 0.25) is 0 Å². The van der Waals surface area contributed by atoms with E-state index in [0.717, 1.165) is 47.8 Å². The number of carboxylic acids is 1. The number of carbonyl (C=O) groups excluding carboxylic acids is 1. The fraction of sp³-hybridized carbons (Fsp3) is 0.560. The summed E-state index contributed by atoms with van der Waals surface area (Å²) >= 11 is 4.33. The lowest BCUT2D eigenvalue weighted by Crippen LogP contribution is -2.45. The molecule has 1 aromatic heterocycles. The van der Waals surface area contributed by atoms with Crippen molar-refractivity contribution in [2.45, 2.75) is 72.8 Å². The van der Waals surface area contributed by atoms with Crippen molar-refractivity contribution in [2.24, 2.45) is 5.92 Å². The van der Waals surface area contributed by atoms with Gasteiger partial charge in [-0.2, -0.15) is 0 Å². The van der Waals surface area contributed by atoms with Crippen LogP contribution in [0, 0.1) is 5.92 Å². The highest BCUT2D eigenvalue weighted by Crippen LogP contribution is 2.37. The van der Waals surface area contributed by atoms with Crippen LogP contribution < -0.4 is 10.1 Å². The third kappa shape index (κ3) is 8.32. The number of aromatic nitrogens is 1. The first-order valence-corrected chi connectivity index (χ1v) is 14.5. The van der Waals surface area contributed by atoms with Crippen molar-refractivity contribution in [3.63, 3.8) is 0 Å². The molecule has 0 spiro atoms. The van der Waals surface area contributed by atoms with Crippen molar-refractivity contribution in [3.8, 4) is 5.75 Å². The van der Waals surface area contributed by atoms with Crippen LogP contribution in [0.15, 0.2) is 39.6 Å². The lowest BCUT2D eigenvalue weighted by molar-refractivity contribution is -0.138. The number of aliphatic carboxylic acids is 1. The molecule has 10 heteroatoms. The molecule has 1 fully saturated rings. The van der Waals surface area contributed by atoms with Crippen LogP contribution in [0.4, 0.5) is 9.93 Å². The number of ether oxygens (including phenoxy) is 1. The van der Waals surface area contributed by atoms with E-state index < -0.39 is 10.7 Å². The second-order valence-electron chi connectivity index (χ2n) is 9.32. The van der Waals surface area contributed by atoms with Gasteiger partial charge in [-0.1, -0.05) is 30.0 Å². The normalized spacial score (nSPS) is 18.2. The zero-order valence-corrected chi connectivity index (χ0v) is 23.2. The summed E-state index contributed by atoms with van der Waals surface area (Å²) in [6.07, 6.45) is 6.84. The van der Waals surface area contributed by atoms with Gasteiger partial charge in [-0.05, 0) is 81.9 Å². The first kappa shape index (κ1) is 27.7. The molecule has 1 heterocycles. The maximum Gasteiger partial charge on any atom is 0.323 e. The minimum atomic E-state index is -0.958. The summed E-state index contributed by atoms with van der Waals surface area (Å²) in [5.41, 5.74) is 0. The first-order chi connectivity index (χ1) is 16.7. The number of anilines is 1. The van der Waals surface area contributed by atoms with Crippen molar-refractivity contribution >= 4 is 52.0 Å². The summed E-state index contributed by atoms with van der Waals surface area (Å²) in [7, 11) is 1.66. The quantitative estimate of drug-likeness (QED) is 0.243. The highest BCUT2D eigenvalue weighted by atomic mass is 32.2. The van der Waals surface area contributed by atoms with Crippen molar-refractivity contribution in [2.75, 3.05) is 24.7 Å². The number of hydrogen-bond donors (Lipinski definition) is 2. The third-order valence-electron chi connectivity index (χ3n) is 6.13. The smallest absolute Gasteiger partial charge is 0.323 e. The summed E-state index contributed by atoms with van der Waals surface area (Å²) in [6.45, 7) is 6.29. The average molecular weight is 538 g/mol. The van der Waals surface area contributed by atoms with Gasteiger partial charge in [-0.25, -0.2) is 9.78 Å². The molecule has 0 atom stereocenters. The monoisotopic (exact) mass is 537 g/mol. The second-order valence-corrected chi connectivity index (χ2v) is 13.4. The van der Waals surface area contributed by atoms with E-state index in [1.165, 1.54) is 28.0 Å². The zero-order chi connectivity index (χ0) is 25.4. The molecule has 1 aliphatic rings. The van der Waals surface area contributed by atoms with E-state index in [4.69, 9.17) is 4.74 Å². The maximum absolute atomic E-state index is 13.3. The largest absolute Gasteiger partial charge is 0.497 e. The number of amides is 2. The minimum Gasteiger partial charge on any atom is -0.497 e. The molecule has 0 bridgehead atoms. The lowest BCUT2D eigenvalue weighted by Gasteiger charge is -2.36. The van der Waals surface area contributed by atoms with E-state index in [9.17, 15) is 14.7 Å². The Morgan fingerprint density at radius 2 is 1.91 bits per heavy atom. The zero-order valence-electron chi connectivity index (χ0n) is 20.8. The topological polar surface area (TPSA) is 91.8 Å². The van der Waals surface area contributed by atoms with Crippen LogP contribution in [0.3, 0.4) is 0 Å². The average Bonchev–Trinajstić information content (AvgIpc) is 3.26. The highest BCUT2D eigenvalue weighted by Gasteiger charge is 2.30. The number of hydrogen-bond acceptors (Lipinski definition) is 7. The van der Waals surface area contributed by atoms with Crippen LogP contribution in [0.5, 0.6) is 5.75 Å². The molecule has 2 amide bonds. The fourth-order valence-corrected chi connectivity index (χ4v) is 7.03. The Morgan fingerprint density at radius 1 is 1.23 bits per heavy atom. The predicted molar refractivity (Wildman–Crippen MR) is 145 cm³/mol. The Labute approximate surface area is 220 Å². The van der Waals surface area contributed by atoms with Crippen molar-refractivity contribution in [1.82, 2.24) is 9.88 Å². The number of carbonyl (C=O) groups is 2. The van der Waals surface area contributed by atoms with Crippen LogP contribution in [0.1, 0.15) is 52.9 Å². The summed E-state index contributed by atoms with van der Waals surface area (Å²) < 4.78 is 5.03. The molecule has 0 aliphatic heterocycles. The Kier molecular flexibility index (Phi) is 10.2. The van der Waals surface area contributed by atoms with E-state index in [1.807, 2.05) is 17.0 Å². The second kappa shape index (κ2) is 12.9. The molecule has 2 N–H and O–H groups in total. The van der Waals surface area contributed by atoms with Gasteiger partial charge in [0.1, 0.15) is 10.5 Å². The van der Waals surface area contributed by atoms with Crippen molar-refractivity contribution < 1.29 is 19.4 Å². The molecule has 35 heavy (non-hydrogen) atoms. The fourth-order valence-electron chi connectivity index (χ4n) is 3.92. The van der Waals surface area contributed by atoms with Gasteiger partial charge < -0.3 is 14.7 Å². The summed E-state index contributed by atoms with van der Waals surface area (Å²) in [5.74, 6) is 1.59. The van der Waals surface area contributed by atoms with Crippen LogP contribution in [-0.4, -0.2) is 57.2 Å². The number of thioether (sulfide) groups is 2. The van der Waals surface area contributed by atoms with Gasteiger partial charge in [-0.15, -0.1) is 11.8 Å². The standard InChI is InChI=1S/C25H35N3O4S3/c1-17-6-8-18(9-7-17)28(14-5-15-33-20-12-10-19(32-4)11-13-20)24(31)27-23-26-16-21(34-23)35-25(2,3)22(29)30/h10-13,16-18H,5-9,14-15H2,1-4H3,(H,29,30)(H,26,27,31). The predicted octanol–water partition coefficient (Wildman–Crippen LogP) is 6.70. The molecule has 7 nitrogen and oxygen atoms in total. The van der Waals surface area contributed by atoms with E-state index in [-0.39, 0.29) is 12.1 Å². The molecule has 1 aliphatic carbocycles. The number of carboxylic acid groups (broad SMARTS) is 1. The summed E-state index contributed by atoms with van der Waals surface area (Å²) in [4.78, 5) is 32.2. The van der Waals surface area contributed by atoms with E-state index in [1.54, 1.807) is 38.9 Å². The highest BCUT2D eigenvalue weighted by molar-refractivity contribution is 8.03. The molecule has 0 unspecified atom stereocenters. The van der Waals surface area contributed by atoms with Crippen molar-refractivity contribution in [3.05, 3.63) is 30.5 Å². The SMILES string of the molecule is COc1ccc(SCCCN(C(=O)Nc2ncc(SC(C)(C)C(=O)O)s2)C2CCC(C)CC2)cc1. The number of methoxy groups -OCH3 is 1. The van der Waals surface area contributed by atoms with Gasteiger partial charge in [0.05, 0.1) is 17.5 Å². The van der Waals surface area contributed by atoms with E-state index in [0.29, 0.717) is 17.6 Å². The van der Waals surface area contributed by atoms with Gasteiger partial charge in [0.25, 0.3) is 0 Å². The van der Waals surface area contributed by atoms with Gasteiger partial charge >= 0.3 is 12.0 Å². The minimum absolute atomic E-state index is 0.123. The first-order valence-electron chi connectivity index (χ1n) is 11.9. The maximum atomic E-state index is 13.3. The third-order valence-corrected chi connectivity index (χ3v) is 9.42. The molecule has 192 valence electrons. The molecule has 0 saturated heterocycles. The van der Waals surface area contributed by atoms with Crippen LogP contribution in [0.25, 0.3) is 0 Å². The van der Waals surface area contributed by atoms with Gasteiger partial charge in [0.2, 0.25) is 0 Å². The molecule has 3 rings (SSSR count). The summed E-state index contributed by atoms with van der Waals surface area (Å²) in [6, 6.07) is 8.15. The van der Waals surface area contributed by atoms with Crippen molar-refractivity contribution in [1.29, 1.82) is 0 Å². The molecule has 0 radical (unpaired) electrons. The Bertz CT molecular complexity index is 973. The number of benzene rings is 1. The number of nitrogens with one attached hydrogen (secondary N) is 1. The van der Waals surface area contributed by atoms with E-state index >= 15 is 0 Å². The van der Waals surface area contributed by atoms with Gasteiger partial charge in [0, 0.05) is 17.5 Å². The number of rotatable bonds is 11. The van der Waals surface area contributed by atoms with Gasteiger partial charge in [-0.3, -0.25) is 10.1 Å². The Hall–Kier alpha value is -1.91. The molecule has 1 aromatic carbocycles. The lowest BCUT2D eigenvalue weighted by atomic mass is 9.86. The Morgan fingerprint density at radius 3 is 2.54 bits per heavy atom. The molecular weight excluding hydrogens is 502 g/mol. The van der Waals surface area contributed by atoms with E-state index in [2.05, 4.69) is 29.4 Å². The Balaban J connectivity index is 1.58. The molecular formula is C25H35N3O4S3. The molecule has 1 saturated carbocycles. The van der Waals surface area contributed by atoms with Crippen LogP contribution >= 0.6 is 34.9 Å². The summed E-state index contributed by atoms with van der Waals surface area (Å²) in [5, 5.41) is 12.8. The van der Waals surface area contributed by atoms with Gasteiger partial charge in [0.15, 0.2) is 5.13 Å². The number of nitrogens with zero attached hydrogens (tertiary/aromatic N) is 2.